The van der Waals surface area contributed by atoms with E-state index in [1.54, 1.807) is 0 Å². The van der Waals surface area contributed by atoms with Gasteiger partial charge in [-0.05, 0) is 13.0 Å². The third-order valence-corrected chi connectivity index (χ3v) is 2.86. The van der Waals surface area contributed by atoms with Crippen molar-refractivity contribution in [3.8, 4) is 0 Å². The summed E-state index contributed by atoms with van der Waals surface area (Å²) in [6, 6.07) is 0. The zero-order valence-corrected chi connectivity index (χ0v) is 6.98. The molecule has 1 spiro atoms. The van der Waals surface area contributed by atoms with Crippen molar-refractivity contribution in [2.75, 3.05) is 40.3 Å². The highest BCUT2D eigenvalue weighted by molar-refractivity contribution is 4.92. The second-order valence-electron chi connectivity index (χ2n) is 4.68. The second-order valence-corrected chi connectivity index (χ2v) is 4.68. The van der Waals surface area contributed by atoms with Gasteiger partial charge in [-0.3, -0.25) is 0 Å². The topological polar surface area (TPSA) is 12.0 Å². The number of rotatable bonds is 0. The summed E-state index contributed by atoms with van der Waals surface area (Å²) in [6.45, 7) is 5.30. The molecule has 0 aliphatic carbocycles. The number of nitrogens with one attached hydrogen (secondary N) is 1. The van der Waals surface area contributed by atoms with Crippen molar-refractivity contribution in [3.05, 3.63) is 0 Å². The van der Waals surface area contributed by atoms with Crippen molar-refractivity contribution < 1.29 is 4.48 Å². The van der Waals surface area contributed by atoms with Crippen LogP contribution in [0.15, 0.2) is 0 Å². The summed E-state index contributed by atoms with van der Waals surface area (Å²) in [7, 11) is 4.65. The lowest BCUT2D eigenvalue weighted by molar-refractivity contribution is -0.949. The minimum atomic E-state index is 0.712. The molecule has 0 aromatic carbocycles. The molecule has 0 radical (unpaired) electrons. The summed E-state index contributed by atoms with van der Waals surface area (Å²) >= 11 is 0. The first-order valence-corrected chi connectivity index (χ1v) is 4.15. The maximum absolute atomic E-state index is 3.44. The van der Waals surface area contributed by atoms with Gasteiger partial charge in [-0.2, -0.15) is 0 Å². The molecule has 0 bridgehead atoms. The van der Waals surface area contributed by atoms with E-state index in [4.69, 9.17) is 0 Å². The van der Waals surface area contributed by atoms with Crippen LogP contribution in [-0.4, -0.2) is 44.8 Å². The van der Waals surface area contributed by atoms with E-state index in [0.29, 0.717) is 5.41 Å². The smallest absolute Gasteiger partial charge is 0.0907 e. The maximum Gasteiger partial charge on any atom is 0.0907 e. The summed E-state index contributed by atoms with van der Waals surface area (Å²) in [5.74, 6) is 0. The fourth-order valence-corrected chi connectivity index (χ4v) is 2.84. The van der Waals surface area contributed by atoms with E-state index in [0.717, 1.165) is 0 Å². The number of likely N-dealkylation sites (tertiary alicyclic amines) is 1. The van der Waals surface area contributed by atoms with E-state index in [2.05, 4.69) is 19.4 Å². The molecule has 0 unspecified atom stereocenters. The van der Waals surface area contributed by atoms with Crippen LogP contribution >= 0.6 is 0 Å². The number of hydrogen-bond donors (Lipinski definition) is 1. The zero-order valence-electron chi connectivity index (χ0n) is 6.98. The molecular weight excluding hydrogens is 124 g/mol. The molecule has 0 aromatic heterocycles. The Labute approximate surface area is 62.8 Å². The fourth-order valence-electron chi connectivity index (χ4n) is 2.84. The van der Waals surface area contributed by atoms with Gasteiger partial charge < -0.3 is 9.80 Å². The molecule has 2 fully saturated rings. The predicted molar refractivity (Wildman–Crippen MR) is 41.8 cm³/mol. The van der Waals surface area contributed by atoms with Gasteiger partial charge in [-0.15, -0.1) is 0 Å². The van der Waals surface area contributed by atoms with Crippen LogP contribution in [0, 0.1) is 5.41 Å². The average molecular weight is 141 g/mol. The van der Waals surface area contributed by atoms with E-state index in [1.807, 2.05) is 0 Å². The summed E-state index contributed by atoms with van der Waals surface area (Å²) in [5.41, 5.74) is 0.712. The molecule has 2 aliphatic rings. The molecule has 2 saturated heterocycles. The Morgan fingerprint density at radius 2 is 2.00 bits per heavy atom. The summed E-state index contributed by atoms with van der Waals surface area (Å²) in [6.07, 6.45) is 1.41. The van der Waals surface area contributed by atoms with E-state index in [9.17, 15) is 0 Å². The average Bonchev–Trinajstić information content (AvgIpc) is 2.10. The Hall–Kier alpha value is -0.0800. The van der Waals surface area contributed by atoms with E-state index >= 15 is 0 Å². The molecule has 2 nitrogen and oxygen atoms in total. The van der Waals surface area contributed by atoms with Gasteiger partial charge >= 0.3 is 0 Å². The summed E-state index contributed by atoms with van der Waals surface area (Å²) in [5, 5.41) is 3.44. The molecule has 2 aliphatic heterocycles. The molecule has 1 N–H and O–H groups in total. The van der Waals surface area contributed by atoms with Crippen molar-refractivity contribution in [3.63, 3.8) is 0 Å². The second kappa shape index (κ2) is 1.74. The summed E-state index contributed by atoms with van der Waals surface area (Å²) < 4.78 is 1.24. The number of hydrogen-bond acceptors (Lipinski definition) is 1. The molecule has 0 aromatic rings. The van der Waals surface area contributed by atoms with Gasteiger partial charge in [0.1, 0.15) is 0 Å². The van der Waals surface area contributed by atoms with Crippen LogP contribution in [0.25, 0.3) is 0 Å². The first-order valence-electron chi connectivity index (χ1n) is 4.15. The lowest BCUT2D eigenvalue weighted by Gasteiger charge is -2.51. The minimum Gasteiger partial charge on any atom is -0.327 e. The van der Waals surface area contributed by atoms with Crippen molar-refractivity contribution in [1.29, 1.82) is 0 Å². The largest absolute Gasteiger partial charge is 0.327 e. The minimum absolute atomic E-state index is 0.712. The van der Waals surface area contributed by atoms with Crippen molar-refractivity contribution >= 4 is 0 Å². The van der Waals surface area contributed by atoms with Crippen LogP contribution in [0.5, 0.6) is 0 Å². The van der Waals surface area contributed by atoms with Crippen LogP contribution < -0.4 is 5.32 Å². The third kappa shape index (κ3) is 0.867. The zero-order chi connectivity index (χ0) is 7.24. The SMILES string of the molecule is C[N+]1(C)CC2(CCNC2)C1. The number of quaternary nitrogens is 1. The van der Waals surface area contributed by atoms with Crippen molar-refractivity contribution in [2.45, 2.75) is 6.42 Å². The fraction of sp³-hybridized carbons (Fsp3) is 1.00. The van der Waals surface area contributed by atoms with Gasteiger partial charge in [0.05, 0.1) is 32.6 Å². The predicted octanol–water partition coefficient (Wildman–Crippen LogP) is 0.0561. The number of nitrogens with zero attached hydrogens (tertiary/aromatic N) is 1. The molecule has 58 valence electrons. The maximum atomic E-state index is 3.44. The Morgan fingerprint density at radius 1 is 1.30 bits per heavy atom. The molecule has 0 atom stereocenters. The molecule has 2 heteroatoms. The lowest BCUT2D eigenvalue weighted by Crippen LogP contribution is -2.66. The highest BCUT2D eigenvalue weighted by Gasteiger charge is 2.52. The quantitative estimate of drug-likeness (QED) is 0.470. The summed E-state index contributed by atoms with van der Waals surface area (Å²) in [4.78, 5) is 0. The first-order chi connectivity index (χ1) is 4.62. The lowest BCUT2D eigenvalue weighted by atomic mass is 9.77. The molecule has 2 rings (SSSR count). The van der Waals surface area contributed by atoms with Crippen LogP contribution in [0.3, 0.4) is 0 Å². The van der Waals surface area contributed by atoms with Gasteiger partial charge in [0.2, 0.25) is 0 Å². The molecular formula is C8H17N2+. The Morgan fingerprint density at radius 3 is 2.40 bits per heavy atom. The normalized spacial score (nSPS) is 34.2. The monoisotopic (exact) mass is 141 g/mol. The van der Waals surface area contributed by atoms with E-state index in [1.165, 1.54) is 37.1 Å². The van der Waals surface area contributed by atoms with Gasteiger partial charge in [-0.25, -0.2) is 0 Å². The molecule has 0 saturated carbocycles. The van der Waals surface area contributed by atoms with E-state index < -0.39 is 0 Å². The Bertz CT molecular complexity index is 135. The van der Waals surface area contributed by atoms with Crippen molar-refractivity contribution in [2.24, 2.45) is 5.41 Å². The van der Waals surface area contributed by atoms with Crippen LogP contribution in [0.4, 0.5) is 0 Å². The van der Waals surface area contributed by atoms with Gasteiger partial charge in [0.15, 0.2) is 0 Å². The van der Waals surface area contributed by atoms with Gasteiger partial charge in [0.25, 0.3) is 0 Å². The Balaban J connectivity index is 1.98. The molecule has 0 amide bonds. The standard InChI is InChI=1S/C8H17N2/c1-10(2)6-8(7-10)3-4-9-5-8/h9H,3-7H2,1-2H3/q+1. The van der Waals surface area contributed by atoms with Crippen LogP contribution in [-0.2, 0) is 0 Å². The highest BCUT2D eigenvalue weighted by atomic mass is 15.4. The molecule has 2 heterocycles. The highest BCUT2D eigenvalue weighted by Crippen LogP contribution is 2.38. The van der Waals surface area contributed by atoms with E-state index in [-0.39, 0.29) is 0 Å². The van der Waals surface area contributed by atoms with Crippen LogP contribution in [0.1, 0.15) is 6.42 Å². The Kier molecular flexibility index (Phi) is 1.15. The van der Waals surface area contributed by atoms with Crippen LogP contribution in [0.2, 0.25) is 0 Å². The van der Waals surface area contributed by atoms with Crippen molar-refractivity contribution in [1.82, 2.24) is 5.32 Å². The third-order valence-electron chi connectivity index (χ3n) is 2.86. The first kappa shape index (κ1) is 6.62. The van der Waals surface area contributed by atoms with Gasteiger partial charge in [0, 0.05) is 6.54 Å². The van der Waals surface area contributed by atoms with Gasteiger partial charge in [-0.1, -0.05) is 0 Å². The molecule has 10 heavy (non-hydrogen) atoms.